The second-order valence-corrected chi connectivity index (χ2v) is 9.10. The van der Waals surface area contributed by atoms with Gasteiger partial charge in [-0.15, -0.1) is 0 Å². The normalized spacial score (nSPS) is 12.5. The Hall–Kier alpha value is -3.60. The number of phenolic OH excluding ortho intramolecular Hbond substituents is 1. The third-order valence-corrected chi connectivity index (χ3v) is 5.89. The summed E-state index contributed by atoms with van der Waals surface area (Å²) in [5.41, 5.74) is 11.6. The number of nitrogens with two attached hydrogens (primary N) is 2. The van der Waals surface area contributed by atoms with Gasteiger partial charge in [-0.2, -0.15) is 0 Å². The molecule has 1 rings (SSSR count). The number of amides is 3. The first-order chi connectivity index (χ1) is 18.2. The monoisotopic (exact) mass is 532 g/mol. The number of unbranched alkanes of at least 4 members (excludes halogenated alkanes) is 4. The molecule has 1 aromatic rings. The van der Waals surface area contributed by atoms with E-state index in [0.29, 0.717) is 25.8 Å². The van der Waals surface area contributed by atoms with E-state index in [9.17, 15) is 19.5 Å². The van der Waals surface area contributed by atoms with E-state index in [4.69, 9.17) is 16.3 Å². The smallest absolute Gasteiger partial charge is 0.269 e. The van der Waals surface area contributed by atoms with E-state index in [1.165, 1.54) is 32.4 Å². The van der Waals surface area contributed by atoms with Gasteiger partial charge in [-0.3, -0.25) is 24.2 Å². The van der Waals surface area contributed by atoms with Crippen molar-refractivity contribution in [2.24, 2.45) is 16.5 Å². The molecule has 212 valence electrons. The molecule has 38 heavy (non-hydrogen) atoms. The van der Waals surface area contributed by atoms with Gasteiger partial charge >= 0.3 is 0 Å². The van der Waals surface area contributed by atoms with Crippen molar-refractivity contribution in [1.82, 2.24) is 15.7 Å². The van der Waals surface area contributed by atoms with Gasteiger partial charge in [0.15, 0.2) is 5.96 Å². The molecular weight excluding hydrogens is 488 g/mol. The van der Waals surface area contributed by atoms with Crippen molar-refractivity contribution in [2.75, 3.05) is 20.7 Å². The Morgan fingerprint density at radius 3 is 2.39 bits per heavy atom. The minimum absolute atomic E-state index is 0.0237. The Bertz CT molecular complexity index is 915. The maximum Gasteiger partial charge on any atom is 0.269 e. The number of likely N-dealkylation sites (N-methyl/N-ethyl adjacent to an activating group) is 1. The number of rotatable bonds is 18. The van der Waals surface area contributed by atoms with Crippen molar-refractivity contribution in [1.29, 1.82) is 0 Å². The summed E-state index contributed by atoms with van der Waals surface area (Å²) in [5.74, 6) is -0.890. The number of nitrogens with zero attached hydrogens (tertiary/aromatic N) is 2. The predicted molar refractivity (Wildman–Crippen MR) is 148 cm³/mol. The number of hydrogen-bond acceptors (Lipinski definition) is 6. The van der Waals surface area contributed by atoms with Gasteiger partial charge in [0, 0.05) is 38.6 Å². The highest BCUT2D eigenvalue weighted by Crippen LogP contribution is 2.13. The second-order valence-electron chi connectivity index (χ2n) is 9.10. The first-order valence-electron chi connectivity index (χ1n) is 13.1. The van der Waals surface area contributed by atoms with Crippen LogP contribution in [0, 0.1) is 0 Å². The largest absolute Gasteiger partial charge is 0.508 e. The molecule has 11 heteroatoms. The van der Waals surface area contributed by atoms with Gasteiger partial charge < -0.3 is 27.2 Å². The van der Waals surface area contributed by atoms with Crippen LogP contribution in [0.25, 0.3) is 0 Å². The average Bonchev–Trinajstić information content (AvgIpc) is 2.89. The number of hydrogen-bond donors (Lipinski definition) is 5. The molecule has 0 aliphatic heterocycles. The van der Waals surface area contributed by atoms with Gasteiger partial charge in [0.1, 0.15) is 11.8 Å². The zero-order valence-electron chi connectivity index (χ0n) is 22.8. The zero-order valence-corrected chi connectivity index (χ0v) is 22.8. The number of guanidine groups is 1. The van der Waals surface area contributed by atoms with Crippen LogP contribution in [-0.4, -0.2) is 66.6 Å². The number of aromatic hydroxyl groups is 1. The minimum Gasteiger partial charge on any atom is -0.508 e. The van der Waals surface area contributed by atoms with Gasteiger partial charge in [-0.25, -0.2) is 5.06 Å². The van der Waals surface area contributed by atoms with Crippen LogP contribution >= 0.6 is 0 Å². The standard InChI is InChI=1S/C27H44N6O5/c1-4-5-6-7-8-11-24(35)32-23(19-20-12-15-22(34)16-13-20)26(37)31-21(10-9-18-30-27(28)29)14-17-25(36)33(2)38-3/h12-17,21,23,34H,4-11,18-19H2,1-3H3,(H,31,37)(H,32,35)(H4,28,29,30)/b17-14+/t21-,23?/m0/s1. The fourth-order valence-corrected chi connectivity index (χ4v) is 3.65. The highest BCUT2D eigenvalue weighted by Gasteiger charge is 2.23. The number of carbonyl (C=O) groups excluding carboxylic acids is 3. The lowest BCUT2D eigenvalue weighted by Gasteiger charge is -2.22. The number of aliphatic imine (C=N–C) groups is 1. The van der Waals surface area contributed by atoms with Crippen LogP contribution in [0.5, 0.6) is 5.75 Å². The Balaban J connectivity index is 2.97. The van der Waals surface area contributed by atoms with E-state index >= 15 is 0 Å². The van der Waals surface area contributed by atoms with Crippen molar-refractivity contribution in [2.45, 2.75) is 76.8 Å². The molecule has 0 aliphatic rings. The number of carbonyl (C=O) groups is 3. The van der Waals surface area contributed by atoms with Gasteiger partial charge in [-0.1, -0.05) is 50.8 Å². The van der Waals surface area contributed by atoms with Gasteiger partial charge in [-0.05, 0) is 37.0 Å². The summed E-state index contributed by atoms with van der Waals surface area (Å²) < 4.78 is 0. The molecule has 0 aliphatic carbocycles. The molecule has 3 amide bonds. The Labute approximate surface area is 225 Å². The number of nitrogens with one attached hydrogen (secondary N) is 2. The van der Waals surface area contributed by atoms with Crippen LogP contribution in [0.4, 0.5) is 0 Å². The van der Waals surface area contributed by atoms with Gasteiger partial charge in [0.2, 0.25) is 11.8 Å². The van der Waals surface area contributed by atoms with E-state index in [2.05, 4.69) is 22.5 Å². The molecule has 0 aromatic heterocycles. The van der Waals surface area contributed by atoms with Crippen LogP contribution < -0.4 is 22.1 Å². The van der Waals surface area contributed by atoms with E-state index in [1.807, 2.05) is 0 Å². The van der Waals surface area contributed by atoms with Crippen molar-refractivity contribution < 1.29 is 24.3 Å². The Kier molecular flexibility index (Phi) is 15.9. The maximum atomic E-state index is 13.4. The number of hydroxylamine groups is 2. The summed E-state index contributed by atoms with van der Waals surface area (Å²) in [6, 6.07) is 5.13. The molecule has 0 saturated heterocycles. The summed E-state index contributed by atoms with van der Waals surface area (Å²) in [4.78, 5) is 47.0. The van der Waals surface area contributed by atoms with Crippen LogP contribution in [0.3, 0.4) is 0 Å². The topological polar surface area (TPSA) is 172 Å². The fraction of sp³-hybridized carbons (Fsp3) is 0.556. The van der Waals surface area contributed by atoms with Gasteiger partial charge in [0.05, 0.1) is 7.11 Å². The lowest BCUT2D eigenvalue weighted by molar-refractivity contribution is -0.162. The fourth-order valence-electron chi connectivity index (χ4n) is 3.65. The lowest BCUT2D eigenvalue weighted by Crippen LogP contribution is -2.50. The molecular formula is C27H44N6O5. The zero-order chi connectivity index (χ0) is 28.3. The molecule has 11 nitrogen and oxygen atoms in total. The lowest BCUT2D eigenvalue weighted by atomic mass is 10.0. The van der Waals surface area contributed by atoms with E-state index in [1.54, 1.807) is 18.2 Å². The molecule has 0 spiro atoms. The predicted octanol–water partition coefficient (Wildman–Crippen LogP) is 1.89. The number of phenols is 1. The summed E-state index contributed by atoms with van der Waals surface area (Å²) in [5, 5.41) is 16.4. The van der Waals surface area contributed by atoms with Crippen LogP contribution in [-0.2, 0) is 25.6 Å². The van der Waals surface area contributed by atoms with Crippen molar-refractivity contribution in [3.8, 4) is 5.75 Å². The van der Waals surface area contributed by atoms with Crippen molar-refractivity contribution in [3.05, 3.63) is 42.0 Å². The quantitative estimate of drug-likeness (QED) is 0.0631. The SMILES string of the molecule is CCCCCCCC(=O)NC(Cc1ccc(O)cc1)C(=O)N[C@H](/C=C/C(=O)N(C)OC)CCCN=C(N)N. The first kappa shape index (κ1) is 32.4. The molecule has 0 saturated carbocycles. The highest BCUT2D eigenvalue weighted by molar-refractivity contribution is 5.89. The average molecular weight is 533 g/mol. The Morgan fingerprint density at radius 2 is 1.76 bits per heavy atom. The van der Waals surface area contributed by atoms with E-state index < -0.39 is 18.0 Å². The van der Waals surface area contributed by atoms with Crippen LogP contribution in [0.15, 0.2) is 41.4 Å². The molecule has 0 fully saturated rings. The van der Waals surface area contributed by atoms with Crippen molar-refractivity contribution in [3.63, 3.8) is 0 Å². The first-order valence-corrected chi connectivity index (χ1v) is 13.1. The van der Waals surface area contributed by atoms with E-state index in [0.717, 1.165) is 42.7 Å². The third kappa shape index (κ3) is 14.2. The molecule has 2 atom stereocenters. The summed E-state index contributed by atoms with van der Waals surface area (Å²) in [6.45, 7) is 2.49. The van der Waals surface area contributed by atoms with Crippen LogP contribution in [0.1, 0.15) is 63.9 Å². The summed E-state index contributed by atoms with van der Waals surface area (Å²) in [7, 11) is 2.85. The highest BCUT2D eigenvalue weighted by atomic mass is 16.7. The second kappa shape index (κ2) is 18.6. The summed E-state index contributed by atoms with van der Waals surface area (Å²) in [6.07, 6.45) is 9.53. The molecule has 7 N–H and O–H groups in total. The molecule has 0 heterocycles. The molecule has 1 aromatic carbocycles. The Morgan fingerprint density at radius 1 is 1.08 bits per heavy atom. The number of benzene rings is 1. The summed E-state index contributed by atoms with van der Waals surface area (Å²) >= 11 is 0. The van der Waals surface area contributed by atoms with Crippen molar-refractivity contribution >= 4 is 23.7 Å². The molecule has 1 unspecified atom stereocenters. The molecule has 0 bridgehead atoms. The minimum atomic E-state index is -0.839. The third-order valence-electron chi connectivity index (χ3n) is 5.89. The van der Waals surface area contributed by atoms with Crippen LogP contribution in [0.2, 0.25) is 0 Å². The molecule has 0 radical (unpaired) electrons. The van der Waals surface area contributed by atoms with E-state index in [-0.39, 0.29) is 29.9 Å². The van der Waals surface area contributed by atoms with Gasteiger partial charge in [0.25, 0.3) is 5.91 Å². The maximum absolute atomic E-state index is 13.4.